The molecule has 29 N–H and O–H groups in total. The molecular formula is C53H92N22O16S. The number of hydrogen-bond donors (Lipinski definition) is 21. The first kappa shape index (κ1) is 79.1. The normalized spacial score (nSPS) is 15.9. The third-order valence-corrected chi connectivity index (χ3v) is 14.8. The number of aromatic nitrogens is 2. The molecule has 0 bridgehead atoms. The number of aliphatic carboxylic acids is 1. The summed E-state index contributed by atoms with van der Waals surface area (Å²) in [6.07, 6.45) is 3.05. The van der Waals surface area contributed by atoms with Crippen molar-refractivity contribution in [2.45, 2.75) is 170 Å². The van der Waals surface area contributed by atoms with Crippen LogP contribution in [-0.4, -0.2) is 237 Å². The zero-order valence-corrected chi connectivity index (χ0v) is 52.3. The van der Waals surface area contributed by atoms with Gasteiger partial charge in [0.1, 0.15) is 60.4 Å². The van der Waals surface area contributed by atoms with Crippen LogP contribution in [0.25, 0.3) is 0 Å². The maximum Gasteiger partial charge on any atom is 0.326 e. The molecule has 38 nitrogen and oxygen atoms in total. The lowest BCUT2D eigenvalue weighted by Gasteiger charge is -2.31. The summed E-state index contributed by atoms with van der Waals surface area (Å²) in [5, 5.41) is 52.3. The van der Waals surface area contributed by atoms with Crippen LogP contribution in [0.15, 0.2) is 22.5 Å². The van der Waals surface area contributed by atoms with Crippen LogP contribution in [0.3, 0.4) is 0 Å². The molecule has 92 heavy (non-hydrogen) atoms. The van der Waals surface area contributed by atoms with Crippen LogP contribution in [-0.2, 0) is 68.7 Å². The lowest BCUT2D eigenvalue weighted by Crippen LogP contribution is -2.61. The highest BCUT2D eigenvalue weighted by Crippen LogP contribution is 2.21. The van der Waals surface area contributed by atoms with Crippen molar-refractivity contribution in [3.05, 3.63) is 18.2 Å². The van der Waals surface area contributed by atoms with E-state index in [4.69, 9.17) is 45.9 Å². The number of hydrogen-bond acceptors (Lipinski definition) is 21. The molecule has 2 rings (SSSR count). The van der Waals surface area contributed by atoms with Gasteiger partial charge in [0.15, 0.2) is 11.9 Å². The summed E-state index contributed by atoms with van der Waals surface area (Å²) in [4.78, 5) is 190. The molecule has 11 atom stereocenters. The highest BCUT2D eigenvalue weighted by Gasteiger charge is 2.41. The Morgan fingerprint density at radius 2 is 1.04 bits per heavy atom. The molecule has 1 saturated heterocycles. The number of aliphatic hydroxyl groups is 2. The number of aliphatic imine (C=N–C) groups is 2. The van der Waals surface area contributed by atoms with Gasteiger partial charge in [0.2, 0.25) is 70.9 Å². The number of aliphatic hydroxyl groups excluding tert-OH is 2. The molecule has 1 fully saturated rings. The molecule has 0 radical (unpaired) electrons. The standard InChI is InChI=1S/C53H92N22O16S/c1-27(66-42(81)29(55)16-21-92-2)41(80)73-36(24-76)47(86)69-32(12-14-39(56)78)45(84)67-30(8-3-4-17-54)43(82)71-34(10-6-19-64-53(60)61)50(89)75-20-7-11-38(75)49(88)74-37(25-77)48(87)70-33(13-15-40(57)79)46(85)68-31(9-5-18-63-52(58)59)44(83)72-35(51(90)91)22-28-23-62-26-65-28/h23,26-27,29-38,76-77H,3-22,24-25,54-55H2,1-2H3,(H2,56,78)(H2,57,79)(H,62,65)(H,66,81)(H,67,84)(H,68,85)(H,69,86)(H,70,87)(H,71,82)(H,72,83)(H,73,80)(H,74,88)(H,90,91)(H4,58,59,63)(H4,60,61,64)/t27-,29-,30-,31-,32-,33-,34-,35-,36-,37-,38-/m0/s1. The zero-order valence-electron chi connectivity index (χ0n) is 51.5. The summed E-state index contributed by atoms with van der Waals surface area (Å²) in [7, 11) is 0. The van der Waals surface area contributed by atoms with Gasteiger partial charge in [0, 0.05) is 50.8 Å². The molecule has 0 aromatic carbocycles. The average Bonchev–Trinajstić information content (AvgIpc) is 1.72. The molecule has 0 aliphatic carbocycles. The van der Waals surface area contributed by atoms with Gasteiger partial charge in [0.25, 0.3) is 0 Å². The predicted molar refractivity (Wildman–Crippen MR) is 332 cm³/mol. The van der Waals surface area contributed by atoms with Gasteiger partial charge in [-0.2, -0.15) is 11.8 Å². The number of H-pyrrole nitrogens is 1. The van der Waals surface area contributed by atoms with Crippen LogP contribution in [0.2, 0.25) is 0 Å². The van der Waals surface area contributed by atoms with Crippen LogP contribution in [0.1, 0.15) is 103 Å². The van der Waals surface area contributed by atoms with Crippen LogP contribution in [0, 0.1) is 0 Å². The molecule has 0 unspecified atom stereocenters. The fourth-order valence-corrected chi connectivity index (χ4v) is 9.56. The number of imidazole rings is 1. The molecule has 1 aromatic heterocycles. The predicted octanol–water partition coefficient (Wildman–Crippen LogP) is -9.76. The molecule has 516 valence electrons. The van der Waals surface area contributed by atoms with Gasteiger partial charge in [-0.05, 0) is 103 Å². The minimum Gasteiger partial charge on any atom is -0.480 e. The Morgan fingerprint density at radius 3 is 1.49 bits per heavy atom. The second kappa shape index (κ2) is 42.2. The van der Waals surface area contributed by atoms with E-state index >= 15 is 0 Å². The highest BCUT2D eigenvalue weighted by molar-refractivity contribution is 7.98. The second-order valence-electron chi connectivity index (χ2n) is 21.5. The van der Waals surface area contributed by atoms with Crippen molar-refractivity contribution in [1.29, 1.82) is 0 Å². The van der Waals surface area contributed by atoms with E-state index in [0.717, 1.165) is 4.90 Å². The molecular weight excluding hydrogens is 1230 g/mol. The van der Waals surface area contributed by atoms with Gasteiger partial charge in [-0.15, -0.1) is 0 Å². The topological polar surface area (TPSA) is 656 Å². The van der Waals surface area contributed by atoms with E-state index in [2.05, 4.69) is 67.8 Å². The number of unbranched alkanes of at least 4 members (excludes halogenated alkanes) is 1. The molecule has 0 spiro atoms. The Morgan fingerprint density at radius 1 is 0.598 bits per heavy atom. The summed E-state index contributed by atoms with van der Waals surface area (Å²) < 4.78 is 0. The van der Waals surface area contributed by atoms with Gasteiger partial charge < -0.3 is 119 Å². The molecule has 2 heterocycles. The van der Waals surface area contributed by atoms with Crippen LogP contribution in [0.4, 0.5) is 0 Å². The molecule has 1 aromatic rings. The molecule has 1 aliphatic rings. The highest BCUT2D eigenvalue weighted by atomic mass is 32.2. The first-order chi connectivity index (χ1) is 43.6. The van der Waals surface area contributed by atoms with Crippen LogP contribution >= 0.6 is 11.8 Å². The van der Waals surface area contributed by atoms with E-state index in [-0.39, 0.29) is 95.9 Å². The summed E-state index contributed by atoms with van der Waals surface area (Å²) >= 11 is 1.46. The van der Waals surface area contributed by atoms with E-state index in [9.17, 15) is 77.6 Å². The Kier molecular flexibility index (Phi) is 36.3. The number of carbonyl (C=O) groups excluding carboxylic acids is 12. The van der Waals surface area contributed by atoms with Crippen molar-refractivity contribution in [2.75, 3.05) is 51.4 Å². The van der Waals surface area contributed by atoms with Crippen LogP contribution in [0.5, 0.6) is 0 Å². The summed E-state index contributed by atoms with van der Waals surface area (Å²) in [6, 6.07) is -16.3. The number of guanidine groups is 2. The van der Waals surface area contributed by atoms with Gasteiger partial charge in [0.05, 0.1) is 25.6 Å². The van der Waals surface area contributed by atoms with Crippen molar-refractivity contribution >= 4 is 101 Å². The maximum absolute atomic E-state index is 14.7. The smallest absolute Gasteiger partial charge is 0.326 e. The number of amides is 12. The summed E-state index contributed by atoms with van der Waals surface area (Å²) in [5.74, 6) is -12.9. The third kappa shape index (κ3) is 29.3. The number of nitrogens with two attached hydrogens (primary N) is 8. The van der Waals surface area contributed by atoms with E-state index in [0.29, 0.717) is 24.3 Å². The van der Waals surface area contributed by atoms with Crippen molar-refractivity contribution < 1.29 is 77.6 Å². The third-order valence-electron chi connectivity index (χ3n) is 14.1. The van der Waals surface area contributed by atoms with E-state index in [1.165, 1.54) is 31.2 Å². The fourth-order valence-electron chi connectivity index (χ4n) is 9.07. The molecule has 12 amide bonds. The van der Waals surface area contributed by atoms with Crippen molar-refractivity contribution in [3.63, 3.8) is 0 Å². The first-order valence-corrected chi connectivity index (χ1v) is 31.0. The zero-order chi connectivity index (χ0) is 69.0. The SMILES string of the molecule is CSCC[C@H](N)C(=O)N[C@@H](C)C(=O)N[C@@H](CO)C(=O)N[C@@H](CCC(N)=O)C(=O)N[C@@H](CCCCN)C(=O)N[C@@H](CCCN=C(N)N)C(=O)N1CCC[C@H]1C(=O)N[C@@H](CO)C(=O)N[C@@H](CCC(N)=O)C(=O)N[C@@H](CCCN=C(N)N)C(=O)N[C@@H](Cc1cnc[nH]1)C(=O)O. The summed E-state index contributed by atoms with van der Waals surface area (Å²) in [6.45, 7) is -0.773. The Bertz CT molecular complexity index is 2700. The first-order valence-electron chi connectivity index (χ1n) is 29.6. The second-order valence-corrected chi connectivity index (χ2v) is 22.5. The quantitative estimate of drug-likeness (QED) is 0.0164. The number of aromatic amines is 1. The van der Waals surface area contributed by atoms with Crippen molar-refractivity contribution in [1.82, 2.24) is 62.7 Å². The number of carboxylic acids is 1. The number of likely N-dealkylation sites (tertiary alicyclic amines) is 1. The minimum absolute atomic E-state index is 0.00724. The molecule has 39 heteroatoms. The van der Waals surface area contributed by atoms with E-state index in [1.54, 1.807) is 0 Å². The van der Waals surface area contributed by atoms with Gasteiger partial charge in [-0.25, -0.2) is 9.78 Å². The number of thioether (sulfide) groups is 1. The van der Waals surface area contributed by atoms with E-state index < -0.39 is 182 Å². The monoisotopic (exact) mass is 1320 g/mol. The number of carboxylic acid groups (broad SMARTS) is 1. The van der Waals surface area contributed by atoms with Crippen molar-refractivity contribution in [2.24, 2.45) is 55.9 Å². The lowest BCUT2D eigenvalue weighted by atomic mass is 10.0. The number of primary amides is 2. The number of carbonyl (C=O) groups is 13. The number of nitrogens with one attached hydrogen (secondary N) is 10. The lowest BCUT2D eigenvalue weighted by molar-refractivity contribution is -0.143. The van der Waals surface area contributed by atoms with Gasteiger partial charge >= 0.3 is 5.97 Å². The Hall–Kier alpha value is -8.95. The van der Waals surface area contributed by atoms with E-state index in [1.807, 2.05) is 6.26 Å². The van der Waals surface area contributed by atoms with Gasteiger partial charge in [-0.3, -0.25) is 67.5 Å². The van der Waals surface area contributed by atoms with Crippen molar-refractivity contribution in [3.8, 4) is 0 Å². The average molecular weight is 1330 g/mol. The fraction of sp³-hybridized carbons (Fsp3) is 0.660. The minimum atomic E-state index is -1.83. The maximum atomic E-state index is 14.7. The molecule has 0 saturated carbocycles. The Balaban J connectivity index is 2.42. The number of rotatable bonds is 45. The van der Waals surface area contributed by atoms with Crippen LogP contribution < -0.4 is 93.7 Å². The largest absolute Gasteiger partial charge is 0.480 e. The number of nitrogens with zero attached hydrogens (tertiary/aromatic N) is 4. The molecule has 1 aliphatic heterocycles. The van der Waals surface area contributed by atoms with Gasteiger partial charge in [-0.1, -0.05) is 0 Å². The Labute approximate surface area is 534 Å². The summed E-state index contributed by atoms with van der Waals surface area (Å²) in [5.41, 5.74) is 44.7.